The monoisotopic (exact) mass is 378 g/mol. The smallest absolute Gasteiger partial charge is 0.357 e. The van der Waals surface area contributed by atoms with Crippen LogP contribution in [0, 0.1) is 17.0 Å². The van der Waals surface area contributed by atoms with Crippen molar-refractivity contribution in [2.24, 2.45) is 0 Å². The van der Waals surface area contributed by atoms with Crippen molar-refractivity contribution < 1.29 is 18.5 Å². The summed E-state index contributed by atoms with van der Waals surface area (Å²) in [5.74, 6) is -0.786. The van der Waals surface area contributed by atoms with Crippen molar-refractivity contribution in [2.45, 2.75) is 26.6 Å². The van der Waals surface area contributed by atoms with Crippen molar-refractivity contribution in [3.05, 3.63) is 69.8 Å². The number of anilines is 1. The van der Waals surface area contributed by atoms with Gasteiger partial charge in [0.1, 0.15) is 0 Å². The maximum absolute atomic E-state index is 13.4. The van der Waals surface area contributed by atoms with Gasteiger partial charge in [-0.25, -0.2) is 0 Å². The van der Waals surface area contributed by atoms with E-state index < -0.39 is 18.3 Å². The molecule has 2 aromatic rings. The molecule has 0 saturated heterocycles. The Kier molecular flexibility index (Phi) is 6.91. The number of hydrogen-bond donors (Lipinski definition) is 1. The van der Waals surface area contributed by atoms with Crippen LogP contribution < -0.4 is 5.32 Å². The first-order valence-electron chi connectivity index (χ1n) is 8.36. The summed E-state index contributed by atoms with van der Waals surface area (Å²) in [5.41, 5.74) is 2.39. The molecule has 0 aromatic heterocycles. The first-order chi connectivity index (χ1) is 12.4. The van der Waals surface area contributed by atoms with Crippen molar-refractivity contribution >= 4 is 19.0 Å². The van der Waals surface area contributed by atoms with Gasteiger partial charge in [-0.2, -0.15) is 0 Å². The highest BCUT2D eigenvalue weighted by atomic mass is 31.2. The average Bonchev–Trinajstić information content (AvgIpc) is 2.61. The van der Waals surface area contributed by atoms with Crippen LogP contribution in [0.25, 0.3) is 0 Å². The first-order valence-corrected chi connectivity index (χ1v) is 9.97. The Morgan fingerprint density at radius 2 is 1.58 bits per heavy atom. The normalized spacial score (nSPS) is 12.6. The molecular formula is C18H23N2O5P. The standard InChI is InChI=1S/C18H23N2O5P/c1-4-24-26(23,25-5-2)18(19-16-10-6-14(3)7-11-16)15-8-12-17(13-9-15)20(21)22/h6-13,18-19H,4-5H2,1-3H3. The highest BCUT2D eigenvalue weighted by molar-refractivity contribution is 7.54. The summed E-state index contributed by atoms with van der Waals surface area (Å²) >= 11 is 0. The van der Waals surface area contributed by atoms with Gasteiger partial charge in [0.15, 0.2) is 5.78 Å². The summed E-state index contributed by atoms with van der Waals surface area (Å²) in [6, 6.07) is 13.5. The number of rotatable bonds is 9. The van der Waals surface area contributed by atoms with Gasteiger partial charge in [0.25, 0.3) is 5.69 Å². The van der Waals surface area contributed by atoms with E-state index in [1.54, 1.807) is 26.0 Å². The Hall–Kier alpha value is -2.21. The van der Waals surface area contributed by atoms with Crippen LogP contribution in [0.3, 0.4) is 0 Å². The van der Waals surface area contributed by atoms with Gasteiger partial charge in [-0.05, 0) is 50.6 Å². The van der Waals surface area contributed by atoms with Crippen molar-refractivity contribution in [3.63, 3.8) is 0 Å². The quantitative estimate of drug-likeness (QED) is 0.363. The number of nitro benzene ring substituents is 1. The summed E-state index contributed by atoms with van der Waals surface area (Å²) in [7, 11) is -3.55. The van der Waals surface area contributed by atoms with E-state index in [0.29, 0.717) is 5.56 Å². The number of aryl methyl sites for hydroxylation is 1. The molecule has 0 heterocycles. The van der Waals surface area contributed by atoms with E-state index in [9.17, 15) is 14.7 Å². The molecule has 1 N–H and O–H groups in total. The van der Waals surface area contributed by atoms with Gasteiger partial charge in [0, 0.05) is 17.8 Å². The Morgan fingerprint density at radius 1 is 1.04 bits per heavy atom. The summed E-state index contributed by atoms with van der Waals surface area (Å²) in [6.45, 7) is 5.89. The lowest BCUT2D eigenvalue weighted by Gasteiger charge is -2.28. The molecule has 0 aliphatic rings. The lowest BCUT2D eigenvalue weighted by atomic mass is 10.2. The maximum Gasteiger partial charge on any atom is 0.357 e. The number of nitro groups is 1. The van der Waals surface area contributed by atoms with Gasteiger partial charge < -0.3 is 14.4 Å². The third kappa shape index (κ3) is 4.91. The molecule has 0 radical (unpaired) electrons. The molecule has 0 bridgehead atoms. The van der Waals surface area contributed by atoms with E-state index in [0.717, 1.165) is 11.3 Å². The van der Waals surface area contributed by atoms with Crippen molar-refractivity contribution in [1.29, 1.82) is 0 Å². The molecule has 1 unspecified atom stereocenters. The van der Waals surface area contributed by atoms with Crippen LogP contribution in [0.4, 0.5) is 11.4 Å². The van der Waals surface area contributed by atoms with E-state index >= 15 is 0 Å². The molecule has 0 amide bonds. The Bertz CT molecular complexity index is 767. The molecular weight excluding hydrogens is 355 g/mol. The number of non-ortho nitro benzene ring substituents is 1. The number of nitrogens with zero attached hydrogens (tertiary/aromatic N) is 1. The second-order valence-electron chi connectivity index (χ2n) is 5.64. The van der Waals surface area contributed by atoms with Gasteiger partial charge >= 0.3 is 7.60 Å². The fraction of sp³-hybridized carbons (Fsp3) is 0.333. The molecule has 26 heavy (non-hydrogen) atoms. The SMILES string of the molecule is CCOP(=O)(OCC)C(Nc1ccc(C)cc1)c1ccc([N+](=O)[O-])cc1. The van der Waals surface area contributed by atoms with Crippen LogP contribution in [0.1, 0.15) is 30.8 Å². The lowest BCUT2D eigenvalue weighted by Crippen LogP contribution is -2.15. The summed E-state index contributed by atoms with van der Waals surface area (Å²) in [4.78, 5) is 10.4. The van der Waals surface area contributed by atoms with Crippen LogP contribution in [-0.4, -0.2) is 18.1 Å². The lowest BCUT2D eigenvalue weighted by molar-refractivity contribution is -0.384. The average molecular weight is 378 g/mol. The topological polar surface area (TPSA) is 90.7 Å². The Labute approximate surface area is 153 Å². The summed E-state index contributed by atoms with van der Waals surface area (Å²) < 4.78 is 24.4. The highest BCUT2D eigenvalue weighted by Crippen LogP contribution is 2.60. The maximum atomic E-state index is 13.4. The van der Waals surface area contributed by atoms with Crippen molar-refractivity contribution in [1.82, 2.24) is 0 Å². The van der Waals surface area contributed by atoms with Crippen LogP contribution in [0.15, 0.2) is 48.5 Å². The first kappa shape index (κ1) is 20.1. The molecule has 2 rings (SSSR count). The molecule has 7 nitrogen and oxygen atoms in total. The van der Waals surface area contributed by atoms with Crippen molar-refractivity contribution in [2.75, 3.05) is 18.5 Å². The third-order valence-electron chi connectivity index (χ3n) is 3.71. The molecule has 2 aromatic carbocycles. The zero-order valence-electron chi connectivity index (χ0n) is 15.0. The second kappa shape index (κ2) is 8.94. The summed E-state index contributed by atoms with van der Waals surface area (Å²) in [5, 5.41) is 14.1. The van der Waals surface area contributed by atoms with Crippen LogP contribution in [-0.2, 0) is 13.6 Å². The predicted molar refractivity (Wildman–Crippen MR) is 101 cm³/mol. The Morgan fingerprint density at radius 3 is 2.04 bits per heavy atom. The van der Waals surface area contributed by atoms with E-state index in [1.165, 1.54) is 12.1 Å². The van der Waals surface area contributed by atoms with E-state index in [-0.39, 0.29) is 18.9 Å². The van der Waals surface area contributed by atoms with Gasteiger partial charge in [0.05, 0.1) is 18.1 Å². The largest absolute Gasteiger partial charge is 0.368 e. The molecule has 8 heteroatoms. The fourth-order valence-electron chi connectivity index (χ4n) is 2.48. The minimum Gasteiger partial charge on any atom is -0.368 e. The third-order valence-corrected chi connectivity index (χ3v) is 6.00. The van der Waals surface area contributed by atoms with Gasteiger partial charge in [0.2, 0.25) is 0 Å². The zero-order valence-corrected chi connectivity index (χ0v) is 15.9. The minimum atomic E-state index is -3.55. The predicted octanol–water partition coefficient (Wildman–Crippen LogP) is 5.28. The van der Waals surface area contributed by atoms with Gasteiger partial charge in [-0.3, -0.25) is 14.7 Å². The molecule has 0 aliphatic carbocycles. The number of nitrogens with one attached hydrogen (secondary N) is 1. The Balaban J connectivity index is 2.43. The van der Waals surface area contributed by atoms with E-state index in [1.807, 2.05) is 31.2 Å². The van der Waals surface area contributed by atoms with Gasteiger partial charge in [-0.15, -0.1) is 0 Å². The van der Waals surface area contributed by atoms with Gasteiger partial charge in [-0.1, -0.05) is 17.7 Å². The molecule has 0 saturated carbocycles. The van der Waals surface area contributed by atoms with Crippen molar-refractivity contribution in [3.8, 4) is 0 Å². The van der Waals surface area contributed by atoms with Crippen LogP contribution >= 0.6 is 7.60 Å². The fourth-order valence-corrected chi connectivity index (χ4v) is 4.41. The van der Waals surface area contributed by atoms with Crippen LogP contribution in [0.2, 0.25) is 0 Å². The molecule has 140 valence electrons. The van der Waals surface area contributed by atoms with E-state index in [2.05, 4.69) is 5.32 Å². The molecule has 0 aliphatic heterocycles. The number of hydrogen-bond acceptors (Lipinski definition) is 6. The molecule has 1 atom stereocenters. The minimum absolute atomic E-state index is 0.0366. The second-order valence-corrected chi connectivity index (χ2v) is 7.75. The zero-order chi connectivity index (χ0) is 19.2. The highest BCUT2D eigenvalue weighted by Gasteiger charge is 2.37. The van der Waals surface area contributed by atoms with Crippen LogP contribution in [0.5, 0.6) is 0 Å². The molecule has 0 spiro atoms. The number of benzene rings is 2. The van der Waals surface area contributed by atoms with E-state index in [4.69, 9.17) is 9.05 Å². The molecule has 0 fully saturated rings. The summed E-state index contributed by atoms with van der Waals surface area (Å²) in [6.07, 6.45) is 0.